The maximum Gasteiger partial charge on any atom is 0.317 e. The van der Waals surface area contributed by atoms with Crippen molar-refractivity contribution in [2.45, 2.75) is 44.5 Å². The van der Waals surface area contributed by atoms with Crippen LogP contribution in [0.15, 0.2) is 36.7 Å². The minimum atomic E-state index is -1.65. The van der Waals surface area contributed by atoms with Crippen LogP contribution < -0.4 is 16.0 Å². The van der Waals surface area contributed by atoms with Crippen LogP contribution in [0.5, 0.6) is 0 Å². The van der Waals surface area contributed by atoms with Crippen LogP contribution >= 0.6 is 0 Å². The zero-order valence-electron chi connectivity index (χ0n) is 24.7. The summed E-state index contributed by atoms with van der Waals surface area (Å²) in [4.78, 5) is 34.3. The van der Waals surface area contributed by atoms with Crippen molar-refractivity contribution in [3.05, 3.63) is 47.8 Å². The van der Waals surface area contributed by atoms with E-state index in [2.05, 4.69) is 37.0 Å². The van der Waals surface area contributed by atoms with Crippen molar-refractivity contribution in [3.8, 4) is 17.5 Å². The van der Waals surface area contributed by atoms with Gasteiger partial charge in [-0.25, -0.2) is 13.7 Å². The number of halogens is 1. The summed E-state index contributed by atoms with van der Waals surface area (Å²) in [5.41, 5.74) is 1.61. The Morgan fingerprint density at radius 2 is 1.91 bits per heavy atom. The molecule has 0 spiro atoms. The summed E-state index contributed by atoms with van der Waals surface area (Å²) >= 11 is 0. The number of aliphatic hydroxyl groups is 1. The fraction of sp³-hybridized carbons (Fsp3) is 0.500. The van der Waals surface area contributed by atoms with E-state index in [1.807, 2.05) is 24.1 Å². The Hall–Kier alpha value is -4.28. The molecule has 5 rings (SSSR count). The minimum Gasteiger partial charge on any atom is -0.387 e. The Morgan fingerprint density at radius 3 is 2.60 bits per heavy atom. The minimum absolute atomic E-state index is 0.0330. The Balaban J connectivity index is 1.28. The average Bonchev–Trinajstić information content (AvgIpc) is 3.39. The summed E-state index contributed by atoms with van der Waals surface area (Å²) in [7, 11) is 2.05. The number of fused-ring (bicyclic) bond motifs is 1. The second-order valence-electron chi connectivity index (χ2n) is 12.0. The number of aromatic nitrogens is 3. The van der Waals surface area contributed by atoms with Crippen LogP contribution in [-0.2, 0) is 0 Å². The van der Waals surface area contributed by atoms with E-state index in [0.717, 1.165) is 44.5 Å². The molecule has 4 N–H and O–H groups in total. The number of rotatable bonds is 9. The number of carbonyl (C=O) groups is 2. The van der Waals surface area contributed by atoms with Crippen molar-refractivity contribution in [3.63, 3.8) is 0 Å². The molecular weight excluding hydrogens is 553 g/mol. The molecular formula is C30H38FN9O3. The number of anilines is 1. The van der Waals surface area contributed by atoms with Gasteiger partial charge < -0.3 is 30.9 Å². The molecule has 1 atom stereocenters. The number of nitrogens with one attached hydrogen (secondary N) is 3. The normalized spacial score (nSPS) is 19.8. The number of nitrogens with zero attached hydrogens (tertiary/aromatic N) is 6. The van der Waals surface area contributed by atoms with E-state index >= 15 is 0 Å². The monoisotopic (exact) mass is 591 g/mol. The van der Waals surface area contributed by atoms with Crippen molar-refractivity contribution in [2.24, 2.45) is 5.92 Å². The number of urea groups is 1. The largest absolute Gasteiger partial charge is 0.387 e. The summed E-state index contributed by atoms with van der Waals surface area (Å²) < 4.78 is 16.0. The highest BCUT2D eigenvalue weighted by Gasteiger charge is 2.32. The molecule has 0 bridgehead atoms. The quantitative estimate of drug-likeness (QED) is 0.296. The van der Waals surface area contributed by atoms with Gasteiger partial charge >= 0.3 is 6.03 Å². The number of piperazine rings is 1. The molecule has 0 radical (unpaired) electrons. The van der Waals surface area contributed by atoms with E-state index in [9.17, 15) is 24.3 Å². The molecule has 1 unspecified atom stereocenters. The molecule has 43 heavy (non-hydrogen) atoms. The number of nitriles is 1. The predicted molar refractivity (Wildman–Crippen MR) is 159 cm³/mol. The van der Waals surface area contributed by atoms with Gasteiger partial charge in [-0.1, -0.05) is 0 Å². The molecule has 13 heteroatoms. The molecule has 1 aliphatic carbocycles. The fourth-order valence-corrected chi connectivity index (χ4v) is 5.27. The highest BCUT2D eigenvalue weighted by Crippen LogP contribution is 2.32. The van der Waals surface area contributed by atoms with Crippen molar-refractivity contribution in [1.29, 1.82) is 5.26 Å². The van der Waals surface area contributed by atoms with Crippen LogP contribution in [-0.4, -0.2) is 106 Å². The average molecular weight is 592 g/mol. The van der Waals surface area contributed by atoms with E-state index < -0.39 is 17.7 Å². The third-order valence-corrected chi connectivity index (χ3v) is 8.18. The lowest BCUT2D eigenvalue weighted by molar-refractivity contribution is -0.00177. The highest BCUT2D eigenvalue weighted by molar-refractivity contribution is 6.00. The van der Waals surface area contributed by atoms with Gasteiger partial charge in [0.15, 0.2) is 0 Å². The lowest BCUT2D eigenvalue weighted by atomic mass is 9.80. The Kier molecular flexibility index (Phi) is 8.79. The van der Waals surface area contributed by atoms with Gasteiger partial charge in [-0.15, -0.1) is 0 Å². The zero-order valence-corrected chi connectivity index (χ0v) is 24.7. The SMILES string of the molecule is CN1CCN(C(=O)NCC2CC(Nc3cc(-c4ccc5cc(C#N)cnn45)ncc3C(=O)NCC(F)C(C)(C)O)C2)CC1. The standard InChI is InChI=1S/C30H38FN9O3/c1-30(2,43)27(31)18-34-28(41)23-17-33-25(26-5-4-22-12-20(14-32)16-36-40(22)26)13-24(23)37-21-10-19(11-21)15-35-29(42)39-8-6-38(3)7-9-39/h4-5,12-13,16-17,19,21,27,43H,6-11,15,18H2,1-3H3,(H,33,37)(H,34,41)(H,35,42). The first kappa shape index (κ1) is 30.2. The van der Waals surface area contributed by atoms with Gasteiger partial charge in [-0.3, -0.25) is 9.78 Å². The third kappa shape index (κ3) is 7.03. The molecule has 3 aromatic rings. The Morgan fingerprint density at radius 1 is 1.16 bits per heavy atom. The van der Waals surface area contributed by atoms with Gasteiger partial charge in [0.2, 0.25) is 0 Å². The van der Waals surface area contributed by atoms with Crippen molar-refractivity contribution in [2.75, 3.05) is 51.6 Å². The second-order valence-corrected chi connectivity index (χ2v) is 12.0. The van der Waals surface area contributed by atoms with Crippen molar-refractivity contribution >= 4 is 23.1 Å². The lowest BCUT2D eigenvalue weighted by Gasteiger charge is -2.38. The van der Waals surface area contributed by atoms with E-state index in [1.54, 1.807) is 16.6 Å². The smallest absolute Gasteiger partial charge is 0.317 e. The summed E-state index contributed by atoms with van der Waals surface area (Å²) in [6.45, 7) is 6.11. The first-order valence-corrected chi connectivity index (χ1v) is 14.5. The molecule has 3 aromatic heterocycles. The first-order valence-electron chi connectivity index (χ1n) is 14.5. The van der Waals surface area contributed by atoms with Crippen LogP contribution in [0.3, 0.4) is 0 Å². The van der Waals surface area contributed by atoms with Gasteiger partial charge in [-0.05, 0) is 63.9 Å². The molecule has 1 saturated carbocycles. The molecule has 1 aliphatic heterocycles. The van der Waals surface area contributed by atoms with Gasteiger partial charge in [-0.2, -0.15) is 10.4 Å². The van der Waals surface area contributed by atoms with Crippen LogP contribution in [0.2, 0.25) is 0 Å². The van der Waals surface area contributed by atoms with E-state index in [4.69, 9.17) is 0 Å². The predicted octanol–water partition coefficient (Wildman–Crippen LogP) is 2.25. The topological polar surface area (TPSA) is 151 Å². The van der Waals surface area contributed by atoms with Crippen LogP contribution in [0.4, 0.5) is 14.9 Å². The number of likely N-dealkylation sites (N-methyl/N-ethyl adjacent to an activating group) is 1. The fourth-order valence-electron chi connectivity index (χ4n) is 5.27. The molecule has 1 saturated heterocycles. The van der Waals surface area contributed by atoms with Crippen LogP contribution in [0.25, 0.3) is 16.9 Å². The maximum absolute atomic E-state index is 14.4. The summed E-state index contributed by atoms with van der Waals surface area (Å²) in [6, 6.07) is 9.29. The van der Waals surface area contributed by atoms with Gasteiger partial charge in [0.05, 0.1) is 52.1 Å². The third-order valence-electron chi connectivity index (χ3n) is 8.18. The second kappa shape index (κ2) is 12.5. The number of carbonyl (C=O) groups excluding carboxylic acids is 2. The van der Waals surface area contributed by atoms with Crippen LogP contribution in [0, 0.1) is 17.2 Å². The van der Waals surface area contributed by atoms with Gasteiger partial charge in [0.25, 0.3) is 5.91 Å². The lowest BCUT2D eigenvalue weighted by Crippen LogP contribution is -2.52. The van der Waals surface area contributed by atoms with Crippen molar-refractivity contribution in [1.82, 2.24) is 35.0 Å². The van der Waals surface area contributed by atoms with Crippen LogP contribution in [0.1, 0.15) is 42.6 Å². The molecule has 0 aromatic carbocycles. The summed E-state index contributed by atoms with van der Waals surface area (Å²) in [6.07, 6.45) is 2.88. The first-order chi connectivity index (χ1) is 20.5. The maximum atomic E-state index is 14.4. The van der Waals surface area contributed by atoms with Gasteiger partial charge in [0, 0.05) is 45.0 Å². The molecule has 228 valence electrons. The Bertz CT molecular complexity index is 1520. The van der Waals surface area contributed by atoms with E-state index in [0.29, 0.717) is 35.1 Å². The summed E-state index contributed by atoms with van der Waals surface area (Å²) in [5, 5.41) is 32.6. The molecule has 4 heterocycles. The number of hydrogen-bond donors (Lipinski definition) is 4. The summed E-state index contributed by atoms with van der Waals surface area (Å²) in [5.74, 6) is -0.208. The number of pyridine rings is 1. The number of amides is 3. The molecule has 3 amide bonds. The molecule has 2 fully saturated rings. The highest BCUT2D eigenvalue weighted by atomic mass is 19.1. The van der Waals surface area contributed by atoms with E-state index in [-0.39, 0.29) is 24.2 Å². The zero-order chi connectivity index (χ0) is 30.7. The Labute approximate surface area is 249 Å². The van der Waals surface area contributed by atoms with Gasteiger partial charge in [0.1, 0.15) is 12.2 Å². The number of hydrogen-bond acceptors (Lipinski definition) is 8. The molecule has 12 nitrogen and oxygen atoms in total. The number of alkyl halides is 1. The molecule has 2 aliphatic rings. The van der Waals surface area contributed by atoms with E-state index in [1.165, 1.54) is 26.2 Å². The van der Waals surface area contributed by atoms with Crippen molar-refractivity contribution < 1.29 is 19.1 Å².